The van der Waals surface area contributed by atoms with E-state index in [0.717, 1.165) is 24.6 Å². The van der Waals surface area contributed by atoms with Crippen LogP contribution in [0.2, 0.25) is 5.02 Å². The third-order valence-corrected chi connectivity index (χ3v) is 3.79. The van der Waals surface area contributed by atoms with Crippen molar-refractivity contribution in [3.63, 3.8) is 0 Å². The van der Waals surface area contributed by atoms with Crippen LogP contribution in [0, 0.1) is 0 Å². The second-order valence-electron chi connectivity index (χ2n) is 5.06. The Morgan fingerprint density at radius 1 is 1.25 bits per heavy atom. The summed E-state index contributed by atoms with van der Waals surface area (Å²) in [5, 5.41) is 11.3. The second-order valence-corrected chi connectivity index (χ2v) is 5.50. The maximum absolute atomic E-state index is 5.89. The van der Waals surface area contributed by atoms with Crippen LogP contribution in [0.15, 0.2) is 24.3 Å². The van der Waals surface area contributed by atoms with E-state index in [2.05, 4.69) is 25.4 Å². The molecule has 1 aliphatic rings. The smallest absolute Gasteiger partial charge is 0.244 e. The Morgan fingerprint density at radius 3 is 2.54 bits per heavy atom. The minimum atomic E-state index is -0.136. The van der Waals surface area contributed by atoms with Gasteiger partial charge in [0.2, 0.25) is 5.95 Å². The predicted octanol–water partition coefficient (Wildman–Crippen LogP) is 2.25. The standard InChI is InChI=1S/C14H19ClN6O.2ClH/c15-10-1-3-11(4-2-10)17-12(9-16)13-18-14(20-19-13)21-5-7-22-8-6-21;;/h1-4,12,17H,5-9,16H2,(H,18,19,20);2*1H. The summed E-state index contributed by atoms with van der Waals surface area (Å²) in [6, 6.07) is 7.34. The molecule has 1 saturated heterocycles. The Kier molecular flexibility index (Phi) is 8.58. The number of halogens is 3. The highest BCUT2D eigenvalue weighted by Gasteiger charge is 2.19. The molecular formula is C14H21Cl3N6O. The van der Waals surface area contributed by atoms with E-state index in [1.165, 1.54) is 0 Å². The lowest BCUT2D eigenvalue weighted by molar-refractivity contribution is 0.122. The zero-order valence-electron chi connectivity index (χ0n) is 12.9. The first-order valence-electron chi connectivity index (χ1n) is 7.23. The zero-order valence-corrected chi connectivity index (χ0v) is 15.3. The molecule has 0 amide bonds. The number of nitrogens with zero attached hydrogens (tertiary/aromatic N) is 3. The van der Waals surface area contributed by atoms with E-state index < -0.39 is 0 Å². The van der Waals surface area contributed by atoms with Crippen LogP contribution in [0.3, 0.4) is 0 Å². The molecule has 2 heterocycles. The average Bonchev–Trinajstić information content (AvgIpc) is 3.05. The van der Waals surface area contributed by atoms with E-state index >= 15 is 0 Å². The summed E-state index contributed by atoms with van der Waals surface area (Å²) in [4.78, 5) is 6.65. The summed E-state index contributed by atoms with van der Waals surface area (Å²) in [5.74, 6) is 1.41. The number of anilines is 2. The van der Waals surface area contributed by atoms with Crippen LogP contribution in [-0.4, -0.2) is 48.0 Å². The van der Waals surface area contributed by atoms with Gasteiger partial charge in [-0.3, -0.25) is 5.10 Å². The molecule has 0 aliphatic carbocycles. The van der Waals surface area contributed by atoms with Crippen LogP contribution in [0.5, 0.6) is 0 Å². The highest BCUT2D eigenvalue weighted by molar-refractivity contribution is 6.30. The van der Waals surface area contributed by atoms with Crippen LogP contribution in [0.25, 0.3) is 0 Å². The molecule has 1 atom stereocenters. The van der Waals surface area contributed by atoms with Gasteiger partial charge in [0.1, 0.15) is 5.82 Å². The first-order chi connectivity index (χ1) is 10.8. The van der Waals surface area contributed by atoms with Crippen molar-refractivity contribution in [3.05, 3.63) is 35.1 Å². The lowest BCUT2D eigenvalue weighted by atomic mass is 10.2. The van der Waals surface area contributed by atoms with Gasteiger partial charge in [-0.1, -0.05) is 11.6 Å². The molecule has 7 nitrogen and oxygen atoms in total. The molecule has 1 unspecified atom stereocenters. The molecule has 1 aliphatic heterocycles. The van der Waals surface area contributed by atoms with Crippen LogP contribution >= 0.6 is 36.4 Å². The highest BCUT2D eigenvalue weighted by Crippen LogP contribution is 2.20. The molecule has 4 N–H and O–H groups in total. The molecule has 1 aromatic carbocycles. The fourth-order valence-electron chi connectivity index (χ4n) is 2.31. The number of hydrogen-bond acceptors (Lipinski definition) is 6. The van der Waals surface area contributed by atoms with Gasteiger partial charge in [0, 0.05) is 30.3 Å². The Bertz CT molecular complexity index is 603. The van der Waals surface area contributed by atoms with Crippen molar-refractivity contribution < 1.29 is 4.74 Å². The summed E-state index contributed by atoms with van der Waals surface area (Å²) < 4.78 is 5.33. The van der Waals surface area contributed by atoms with Gasteiger partial charge < -0.3 is 20.7 Å². The fraction of sp³-hybridized carbons (Fsp3) is 0.429. The molecule has 0 radical (unpaired) electrons. The predicted molar refractivity (Wildman–Crippen MR) is 101 cm³/mol. The molecule has 10 heteroatoms. The van der Waals surface area contributed by atoms with Crippen molar-refractivity contribution in [2.45, 2.75) is 6.04 Å². The molecule has 1 fully saturated rings. The van der Waals surface area contributed by atoms with E-state index in [-0.39, 0.29) is 30.9 Å². The fourth-order valence-corrected chi connectivity index (χ4v) is 2.44. The first-order valence-corrected chi connectivity index (χ1v) is 7.61. The van der Waals surface area contributed by atoms with Gasteiger partial charge in [0.05, 0.1) is 19.3 Å². The number of nitrogens with one attached hydrogen (secondary N) is 2. The summed E-state index contributed by atoms with van der Waals surface area (Å²) in [5.41, 5.74) is 6.79. The normalized spacial score (nSPS) is 15.2. The van der Waals surface area contributed by atoms with Crippen LogP contribution in [0.4, 0.5) is 11.6 Å². The Morgan fingerprint density at radius 2 is 1.92 bits per heavy atom. The van der Waals surface area contributed by atoms with Gasteiger partial charge in [0.15, 0.2) is 0 Å². The van der Waals surface area contributed by atoms with E-state index in [9.17, 15) is 0 Å². The number of rotatable bonds is 5. The largest absolute Gasteiger partial charge is 0.378 e. The lowest BCUT2D eigenvalue weighted by Crippen LogP contribution is -2.37. The number of morpholine rings is 1. The van der Waals surface area contributed by atoms with Gasteiger partial charge in [-0.05, 0) is 24.3 Å². The minimum absolute atomic E-state index is 0. The first kappa shape index (κ1) is 20.8. The van der Waals surface area contributed by atoms with E-state index in [0.29, 0.717) is 30.7 Å². The van der Waals surface area contributed by atoms with Crippen molar-refractivity contribution in [2.24, 2.45) is 5.73 Å². The molecule has 0 bridgehead atoms. The third kappa shape index (κ3) is 5.12. The molecule has 0 spiro atoms. The van der Waals surface area contributed by atoms with Crippen molar-refractivity contribution in [2.75, 3.05) is 43.1 Å². The topological polar surface area (TPSA) is 92.1 Å². The van der Waals surface area contributed by atoms with Gasteiger partial charge in [-0.25, -0.2) is 0 Å². The van der Waals surface area contributed by atoms with Crippen molar-refractivity contribution in [3.8, 4) is 0 Å². The Hall–Kier alpha value is -1.25. The molecule has 2 aromatic rings. The van der Waals surface area contributed by atoms with Crippen LogP contribution < -0.4 is 16.0 Å². The lowest BCUT2D eigenvalue weighted by Gasteiger charge is -2.25. The molecule has 0 saturated carbocycles. The Labute approximate surface area is 158 Å². The summed E-state index contributed by atoms with van der Waals surface area (Å²) in [6.07, 6.45) is 0. The molecule has 134 valence electrons. The second kappa shape index (κ2) is 9.90. The maximum atomic E-state index is 5.89. The van der Waals surface area contributed by atoms with E-state index in [1.54, 1.807) is 0 Å². The van der Waals surface area contributed by atoms with Gasteiger partial charge in [-0.15, -0.1) is 29.9 Å². The third-order valence-electron chi connectivity index (χ3n) is 3.54. The van der Waals surface area contributed by atoms with Crippen molar-refractivity contribution >= 4 is 48.1 Å². The zero-order chi connectivity index (χ0) is 15.4. The monoisotopic (exact) mass is 394 g/mol. The number of H-pyrrole nitrogens is 1. The van der Waals surface area contributed by atoms with Crippen LogP contribution in [0.1, 0.15) is 11.9 Å². The van der Waals surface area contributed by atoms with Gasteiger partial charge in [-0.2, -0.15) is 4.98 Å². The van der Waals surface area contributed by atoms with Gasteiger partial charge in [0.25, 0.3) is 0 Å². The van der Waals surface area contributed by atoms with E-state index in [4.69, 9.17) is 22.1 Å². The maximum Gasteiger partial charge on any atom is 0.244 e. The number of benzene rings is 1. The summed E-state index contributed by atoms with van der Waals surface area (Å²) in [7, 11) is 0. The summed E-state index contributed by atoms with van der Waals surface area (Å²) in [6.45, 7) is 3.41. The number of ether oxygens (including phenoxy) is 1. The molecule has 1 aromatic heterocycles. The highest BCUT2D eigenvalue weighted by atomic mass is 35.5. The quantitative estimate of drug-likeness (QED) is 0.719. The SMILES string of the molecule is Cl.Cl.NCC(Nc1ccc(Cl)cc1)c1nc(N2CCOCC2)n[nH]1. The van der Waals surface area contributed by atoms with Crippen molar-refractivity contribution in [1.29, 1.82) is 0 Å². The number of aromatic amines is 1. The minimum Gasteiger partial charge on any atom is -0.378 e. The van der Waals surface area contributed by atoms with Crippen molar-refractivity contribution in [1.82, 2.24) is 15.2 Å². The number of nitrogens with two attached hydrogens (primary N) is 1. The molecule has 3 rings (SSSR count). The number of hydrogen-bond donors (Lipinski definition) is 3. The van der Waals surface area contributed by atoms with Crippen LogP contribution in [-0.2, 0) is 4.74 Å². The number of aromatic nitrogens is 3. The average molecular weight is 396 g/mol. The van der Waals surface area contributed by atoms with Gasteiger partial charge >= 0.3 is 0 Å². The van der Waals surface area contributed by atoms with E-state index in [1.807, 2.05) is 24.3 Å². The summed E-state index contributed by atoms with van der Waals surface area (Å²) >= 11 is 5.89. The molecular weight excluding hydrogens is 375 g/mol. The molecule has 24 heavy (non-hydrogen) atoms. The Balaban J connectivity index is 0.00000144.